The first-order chi connectivity index (χ1) is 15.4. The van der Waals surface area contributed by atoms with Crippen molar-refractivity contribution in [3.05, 3.63) is 35.4 Å². The zero-order valence-corrected chi connectivity index (χ0v) is 18.8. The van der Waals surface area contributed by atoms with Gasteiger partial charge in [0.15, 0.2) is 0 Å². The van der Waals surface area contributed by atoms with Crippen molar-refractivity contribution in [1.29, 1.82) is 0 Å². The van der Waals surface area contributed by atoms with Gasteiger partial charge < -0.3 is 14.5 Å². The molecule has 2 heterocycles. The van der Waals surface area contributed by atoms with E-state index >= 15 is 0 Å². The fourth-order valence-electron chi connectivity index (χ4n) is 4.93. The largest absolute Gasteiger partial charge is 0.381 e. The number of benzene rings is 1. The number of ether oxygens (including phenoxy) is 1. The van der Waals surface area contributed by atoms with Gasteiger partial charge in [0, 0.05) is 70.5 Å². The highest BCUT2D eigenvalue weighted by molar-refractivity contribution is 5.94. The highest BCUT2D eigenvalue weighted by Crippen LogP contribution is 2.33. The third-order valence-corrected chi connectivity index (χ3v) is 6.97. The zero-order valence-electron chi connectivity index (χ0n) is 18.8. The van der Waals surface area contributed by atoms with Crippen LogP contribution in [0.2, 0.25) is 0 Å². The maximum Gasteiger partial charge on any atom is 0.256 e. The molecule has 8 heteroatoms. The Hall–Kier alpha value is -2.06. The minimum Gasteiger partial charge on any atom is -0.381 e. The molecule has 2 amide bonds. The summed E-state index contributed by atoms with van der Waals surface area (Å²) >= 11 is 0. The number of hydrogen-bond donors (Lipinski definition) is 0. The molecule has 1 unspecified atom stereocenters. The molecule has 3 fully saturated rings. The van der Waals surface area contributed by atoms with E-state index in [1.54, 1.807) is 7.05 Å². The van der Waals surface area contributed by atoms with Crippen LogP contribution in [0.1, 0.15) is 48.9 Å². The van der Waals surface area contributed by atoms with Crippen molar-refractivity contribution < 1.29 is 23.1 Å². The van der Waals surface area contributed by atoms with E-state index in [0.29, 0.717) is 38.3 Å². The number of likely N-dealkylation sites (N-methyl/N-ethyl adjacent to an activating group) is 1. The molecule has 1 aromatic rings. The van der Waals surface area contributed by atoms with Crippen LogP contribution in [-0.2, 0) is 9.53 Å². The lowest BCUT2D eigenvalue weighted by Crippen LogP contribution is -2.55. The van der Waals surface area contributed by atoms with E-state index in [4.69, 9.17) is 4.74 Å². The Bertz CT molecular complexity index is 827. The first-order valence-electron chi connectivity index (χ1n) is 11.8. The predicted octanol–water partition coefficient (Wildman–Crippen LogP) is 2.92. The lowest BCUT2D eigenvalue weighted by Gasteiger charge is -2.44. The van der Waals surface area contributed by atoms with Crippen LogP contribution in [0.25, 0.3) is 0 Å². The Kier molecular flexibility index (Phi) is 7.40. The van der Waals surface area contributed by atoms with Gasteiger partial charge in [-0.25, -0.2) is 8.78 Å². The van der Waals surface area contributed by atoms with Crippen LogP contribution in [0.3, 0.4) is 0 Å². The van der Waals surface area contributed by atoms with E-state index in [2.05, 4.69) is 4.90 Å². The van der Waals surface area contributed by atoms with Crippen LogP contribution >= 0.6 is 0 Å². The maximum absolute atomic E-state index is 14.1. The molecular formula is C24H33F2N3O3. The summed E-state index contributed by atoms with van der Waals surface area (Å²) in [6.07, 6.45) is 5.89. The zero-order chi connectivity index (χ0) is 22.7. The van der Waals surface area contributed by atoms with E-state index in [1.807, 2.05) is 4.90 Å². The van der Waals surface area contributed by atoms with Gasteiger partial charge in [0.2, 0.25) is 5.91 Å². The molecule has 1 aromatic carbocycles. The minimum atomic E-state index is -0.843. The number of amides is 2. The second kappa shape index (κ2) is 10.3. The van der Waals surface area contributed by atoms with Crippen molar-refractivity contribution >= 4 is 11.8 Å². The summed E-state index contributed by atoms with van der Waals surface area (Å²) in [4.78, 5) is 31.4. The van der Waals surface area contributed by atoms with Crippen molar-refractivity contribution in [2.75, 3.05) is 46.4 Å². The quantitative estimate of drug-likeness (QED) is 0.642. The van der Waals surface area contributed by atoms with Gasteiger partial charge in [-0.15, -0.1) is 0 Å². The smallest absolute Gasteiger partial charge is 0.256 e. The van der Waals surface area contributed by atoms with Crippen LogP contribution in [0.4, 0.5) is 8.78 Å². The summed E-state index contributed by atoms with van der Waals surface area (Å²) in [7, 11) is 1.65. The summed E-state index contributed by atoms with van der Waals surface area (Å²) in [6.45, 7) is 4.07. The normalized spacial score (nSPS) is 22.2. The number of hydrogen-bond acceptors (Lipinski definition) is 4. The Labute approximate surface area is 188 Å². The van der Waals surface area contributed by atoms with Gasteiger partial charge in [-0.2, -0.15) is 0 Å². The van der Waals surface area contributed by atoms with Gasteiger partial charge in [-0.3, -0.25) is 14.5 Å². The topological polar surface area (TPSA) is 53.1 Å². The van der Waals surface area contributed by atoms with Crippen LogP contribution in [0.5, 0.6) is 0 Å². The van der Waals surface area contributed by atoms with E-state index in [1.165, 1.54) is 11.0 Å². The molecule has 2 aliphatic heterocycles. The summed E-state index contributed by atoms with van der Waals surface area (Å²) in [6, 6.07) is 3.63. The highest BCUT2D eigenvalue weighted by atomic mass is 19.1. The number of carbonyl (C=O) groups excluding carboxylic acids is 2. The molecular weight excluding hydrogens is 416 g/mol. The SMILES string of the molecule is CN(CCN(C1CCOCC1)C1CCCN(C(=O)C2CC2)C1)C(=O)c1ccc(F)cc1F. The number of carbonyl (C=O) groups is 2. The molecule has 0 N–H and O–H groups in total. The number of halogens is 2. The summed E-state index contributed by atoms with van der Waals surface area (Å²) in [5.41, 5.74) is -0.120. The number of piperidine rings is 1. The van der Waals surface area contributed by atoms with Gasteiger partial charge in [0.25, 0.3) is 5.91 Å². The van der Waals surface area contributed by atoms with Crippen molar-refractivity contribution in [2.45, 2.75) is 50.6 Å². The number of rotatable bonds is 7. The van der Waals surface area contributed by atoms with Crippen molar-refractivity contribution in [2.24, 2.45) is 5.92 Å². The predicted molar refractivity (Wildman–Crippen MR) is 116 cm³/mol. The average Bonchev–Trinajstić information content (AvgIpc) is 3.65. The first kappa shape index (κ1) is 23.1. The molecule has 0 spiro atoms. The second-order valence-corrected chi connectivity index (χ2v) is 9.29. The fourth-order valence-corrected chi connectivity index (χ4v) is 4.93. The maximum atomic E-state index is 14.1. The van der Waals surface area contributed by atoms with Gasteiger partial charge in [0.05, 0.1) is 5.56 Å². The molecule has 0 aromatic heterocycles. The molecule has 1 saturated carbocycles. The van der Waals surface area contributed by atoms with Gasteiger partial charge in [-0.05, 0) is 50.7 Å². The monoisotopic (exact) mass is 449 g/mol. The second-order valence-electron chi connectivity index (χ2n) is 9.29. The van der Waals surface area contributed by atoms with Crippen LogP contribution in [0, 0.1) is 17.6 Å². The summed E-state index contributed by atoms with van der Waals surface area (Å²) < 4.78 is 32.8. The third-order valence-electron chi connectivity index (χ3n) is 6.97. The third kappa shape index (κ3) is 5.46. The molecule has 1 aliphatic carbocycles. The molecule has 4 rings (SSSR count). The van der Waals surface area contributed by atoms with E-state index < -0.39 is 17.5 Å². The lowest BCUT2D eigenvalue weighted by atomic mass is 9.98. The lowest BCUT2D eigenvalue weighted by molar-refractivity contribution is -0.135. The Balaban J connectivity index is 1.42. The molecule has 0 radical (unpaired) electrons. The van der Waals surface area contributed by atoms with Gasteiger partial charge in [-0.1, -0.05) is 0 Å². The van der Waals surface area contributed by atoms with Crippen LogP contribution in [-0.4, -0.2) is 85.0 Å². The molecule has 2 saturated heterocycles. The number of nitrogens with zero attached hydrogens (tertiary/aromatic N) is 3. The Morgan fingerprint density at radius 3 is 2.50 bits per heavy atom. The molecule has 32 heavy (non-hydrogen) atoms. The Morgan fingerprint density at radius 1 is 1.06 bits per heavy atom. The Morgan fingerprint density at radius 2 is 1.81 bits per heavy atom. The van der Waals surface area contributed by atoms with Gasteiger partial charge in [0.1, 0.15) is 11.6 Å². The molecule has 3 aliphatic rings. The fraction of sp³-hybridized carbons (Fsp3) is 0.667. The van der Waals surface area contributed by atoms with Crippen molar-refractivity contribution in [3.63, 3.8) is 0 Å². The van der Waals surface area contributed by atoms with E-state index in [0.717, 1.165) is 63.7 Å². The van der Waals surface area contributed by atoms with Crippen LogP contribution in [0.15, 0.2) is 18.2 Å². The van der Waals surface area contributed by atoms with Crippen LogP contribution < -0.4 is 0 Å². The van der Waals surface area contributed by atoms with E-state index in [9.17, 15) is 18.4 Å². The van der Waals surface area contributed by atoms with E-state index in [-0.39, 0.29) is 17.5 Å². The minimum absolute atomic E-state index is 0.120. The standard InChI is InChI=1S/C24H33F2N3O3/c1-27(24(31)21-7-6-18(25)15-22(21)26)11-12-29(19-8-13-32-14-9-19)20-3-2-10-28(16-20)23(30)17-4-5-17/h6-7,15,17,19-20H,2-5,8-14,16H2,1H3. The summed E-state index contributed by atoms with van der Waals surface area (Å²) in [5, 5.41) is 0. The number of likely N-dealkylation sites (tertiary alicyclic amines) is 1. The highest BCUT2D eigenvalue weighted by Gasteiger charge is 2.38. The van der Waals surface area contributed by atoms with Crippen molar-refractivity contribution in [3.8, 4) is 0 Å². The molecule has 176 valence electrons. The summed E-state index contributed by atoms with van der Waals surface area (Å²) in [5.74, 6) is -1.48. The van der Waals surface area contributed by atoms with Gasteiger partial charge >= 0.3 is 0 Å². The van der Waals surface area contributed by atoms with Crippen molar-refractivity contribution in [1.82, 2.24) is 14.7 Å². The average molecular weight is 450 g/mol. The first-order valence-corrected chi connectivity index (χ1v) is 11.8. The molecule has 6 nitrogen and oxygen atoms in total. The molecule has 1 atom stereocenters. The molecule has 0 bridgehead atoms.